The molecule has 0 aliphatic heterocycles. The highest BCUT2D eigenvalue weighted by molar-refractivity contribution is 7.12. The molecule has 4 heteroatoms. The smallest absolute Gasteiger partial charge is 0.140 e. The number of ether oxygens (including phenoxy) is 1. The summed E-state index contributed by atoms with van der Waals surface area (Å²) in [6.45, 7) is 10.7. The molecule has 0 saturated carbocycles. The van der Waals surface area contributed by atoms with E-state index in [0.29, 0.717) is 11.5 Å². The van der Waals surface area contributed by atoms with Crippen molar-refractivity contribution in [3.05, 3.63) is 44.9 Å². The molecule has 0 N–H and O–H groups in total. The molecule has 0 bridgehead atoms. The number of hydrogen-bond acceptors (Lipinski definition) is 4. The number of thiazole rings is 1. The molecule has 1 heterocycles. The second-order valence-corrected chi connectivity index (χ2v) is 7.29. The Morgan fingerprint density at radius 1 is 1.29 bits per heavy atom. The molecular formula is C17H20N2OS. The summed E-state index contributed by atoms with van der Waals surface area (Å²) in [7, 11) is 0. The first-order chi connectivity index (χ1) is 9.81. The molecule has 0 fully saturated rings. The van der Waals surface area contributed by atoms with Crippen LogP contribution < -0.4 is 4.74 Å². The third-order valence-electron chi connectivity index (χ3n) is 3.16. The standard InChI is InChI=1S/C17H20N2OS/c1-11-6-7-13(12(2)8-11)20-10-15-19-16(17(3,4)5)14(9-18)21-15/h6-8H,10H2,1-5H3. The van der Waals surface area contributed by atoms with Gasteiger partial charge in [0.05, 0.1) is 5.69 Å². The maximum atomic E-state index is 9.23. The summed E-state index contributed by atoms with van der Waals surface area (Å²) in [6.07, 6.45) is 0. The Hall–Kier alpha value is -1.86. The number of nitrogens with zero attached hydrogens (tertiary/aromatic N) is 2. The van der Waals surface area contributed by atoms with Crippen molar-refractivity contribution >= 4 is 11.3 Å². The Morgan fingerprint density at radius 3 is 2.52 bits per heavy atom. The number of hydrogen-bond donors (Lipinski definition) is 0. The number of aromatic nitrogens is 1. The Labute approximate surface area is 130 Å². The summed E-state index contributed by atoms with van der Waals surface area (Å²) in [5.74, 6) is 0.867. The van der Waals surface area contributed by atoms with Gasteiger partial charge < -0.3 is 4.74 Å². The van der Waals surface area contributed by atoms with Crippen molar-refractivity contribution in [2.24, 2.45) is 0 Å². The van der Waals surface area contributed by atoms with Crippen LogP contribution in [0.3, 0.4) is 0 Å². The van der Waals surface area contributed by atoms with E-state index in [2.05, 4.69) is 44.8 Å². The van der Waals surface area contributed by atoms with Crippen molar-refractivity contribution in [3.63, 3.8) is 0 Å². The van der Waals surface area contributed by atoms with Crippen LogP contribution in [0.1, 0.15) is 47.5 Å². The zero-order valence-electron chi connectivity index (χ0n) is 13.2. The van der Waals surface area contributed by atoms with E-state index in [4.69, 9.17) is 4.74 Å². The van der Waals surface area contributed by atoms with E-state index in [1.807, 2.05) is 19.1 Å². The lowest BCUT2D eigenvalue weighted by atomic mass is 9.91. The molecule has 2 aromatic rings. The van der Waals surface area contributed by atoms with E-state index in [1.54, 1.807) is 0 Å². The maximum absolute atomic E-state index is 9.23. The molecule has 0 radical (unpaired) electrons. The molecule has 0 saturated heterocycles. The Morgan fingerprint density at radius 2 is 2.00 bits per heavy atom. The molecule has 2 rings (SSSR count). The Balaban J connectivity index is 2.18. The average Bonchev–Trinajstić information content (AvgIpc) is 2.81. The molecule has 0 spiro atoms. The van der Waals surface area contributed by atoms with Crippen molar-refractivity contribution in [2.45, 2.75) is 46.6 Å². The lowest BCUT2D eigenvalue weighted by molar-refractivity contribution is 0.302. The van der Waals surface area contributed by atoms with Crippen LogP contribution >= 0.6 is 11.3 Å². The monoisotopic (exact) mass is 300 g/mol. The van der Waals surface area contributed by atoms with Crippen molar-refractivity contribution in [1.82, 2.24) is 4.98 Å². The van der Waals surface area contributed by atoms with E-state index in [0.717, 1.165) is 22.0 Å². The van der Waals surface area contributed by atoms with Crippen molar-refractivity contribution < 1.29 is 4.74 Å². The molecule has 0 amide bonds. The van der Waals surface area contributed by atoms with Gasteiger partial charge in [-0.2, -0.15) is 5.26 Å². The topological polar surface area (TPSA) is 45.9 Å². The molecule has 0 aliphatic carbocycles. The van der Waals surface area contributed by atoms with Gasteiger partial charge in [-0.25, -0.2) is 4.98 Å². The van der Waals surface area contributed by atoms with Gasteiger partial charge in [0.15, 0.2) is 0 Å². The van der Waals surface area contributed by atoms with E-state index in [-0.39, 0.29) is 5.41 Å². The van der Waals surface area contributed by atoms with Crippen molar-refractivity contribution in [3.8, 4) is 11.8 Å². The fraction of sp³-hybridized carbons (Fsp3) is 0.412. The summed E-state index contributed by atoms with van der Waals surface area (Å²) in [5.41, 5.74) is 3.06. The first-order valence-electron chi connectivity index (χ1n) is 6.91. The zero-order chi connectivity index (χ0) is 15.6. The van der Waals surface area contributed by atoms with Gasteiger partial charge in [-0.1, -0.05) is 38.5 Å². The zero-order valence-corrected chi connectivity index (χ0v) is 14.0. The fourth-order valence-electron chi connectivity index (χ4n) is 2.11. The van der Waals surface area contributed by atoms with Crippen LogP contribution in [0.25, 0.3) is 0 Å². The van der Waals surface area contributed by atoms with E-state index in [9.17, 15) is 5.26 Å². The normalized spacial score (nSPS) is 11.2. The second kappa shape index (κ2) is 5.87. The lowest BCUT2D eigenvalue weighted by Crippen LogP contribution is -2.13. The molecule has 0 atom stereocenters. The Bertz CT molecular complexity index is 690. The van der Waals surface area contributed by atoms with Gasteiger partial charge in [-0.3, -0.25) is 0 Å². The fourth-order valence-corrected chi connectivity index (χ4v) is 3.10. The summed E-state index contributed by atoms with van der Waals surface area (Å²) in [6, 6.07) is 8.35. The first-order valence-corrected chi connectivity index (χ1v) is 7.73. The summed E-state index contributed by atoms with van der Waals surface area (Å²) in [5, 5.41) is 10.1. The highest BCUT2D eigenvalue weighted by Gasteiger charge is 2.23. The van der Waals surface area contributed by atoms with Gasteiger partial charge in [0.2, 0.25) is 0 Å². The highest BCUT2D eigenvalue weighted by atomic mass is 32.1. The van der Waals surface area contributed by atoms with Gasteiger partial charge in [0.25, 0.3) is 0 Å². The number of benzene rings is 1. The third kappa shape index (κ3) is 3.62. The second-order valence-electron chi connectivity index (χ2n) is 6.20. The summed E-state index contributed by atoms with van der Waals surface area (Å²) in [4.78, 5) is 5.27. The molecule has 110 valence electrons. The molecule has 3 nitrogen and oxygen atoms in total. The van der Waals surface area contributed by atoms with Gasteiger partial charge in [-0.05, 0) is 25.5 Å². The summed E-state index contributed by atoms with van der Waals surface area (Å²) >= 11 is 1.42. The predicted molar refractivity (Wildman–Crippen MR) is 85.8 cm³/mol. The number of aryl methyl sites for hydroxylation is 2. The largest absolute Gasteiger partial charge is 0.486 e. The van der Waals surface area contributed by atoms with Crippen LogP contribution in [0.15, 0.2) is 18.2 Å². The van der Waals surface area contributed by atoms with Crippen LogP contribution in [-0.2, 0) is 12.0 Å². The Kier molecular flexibility index (Phi) is 4.34. The first kappa shape index (κ1) is 15.5. The van der Waals surface area contributed by atoms with E-state index < -0.39 is 0 Å². The van der Waals surface area contributed by atoms with Crippen molar-refractivity contribution in [1.29, 1.82) is 5.26 Å². The minimum absolute atomic E-state index is 0.125. The maximum Gasteiger partial charge on any atom is 0.140 e. The summed E-state index contributed by atoms with van der Waals surface area (Å²) < 4.78 is 5.84. The average molecular weight is 300 g/mol. The highest BCUT2D eigenvalue weighted by Crippen LogP contribution is 2.30. The van der Waals surface area contributed by atoms with Gasteiger partial charge in [-0.15, -0.1) is 11.3 Å². The molecule has 0 aliphatic rings. The SMILES string of the molecule is Cc1ccc(OCc2nc(C(C)(C)C)c(C#N)s2)c(C)c1. The van der Waals surface area contributed by atoms with Crippen LogP contribution in [0, 0.1) is 25.2 Å². The quantitative estimate of drug-likeness (QED) is 0.838. The van der Waals surface area contributed by atoms with Crippen LogP contribution in [-0.4, -0.2) is 4.98 Å². The molecule has 21 heavy (non-hydrogen) atoms. The molecular weight excluding hydrogens is 280 g/mol. The minimum Gasteiger partial charge on any atom is -0.486 e. The van der Waals surface area contributed by atoms with Gasteiger partial charge >= 0.3 is 0 Å². The van der Waals surface area contributed by atoms with Gasteiger partial charge in [0.1, 0.15) is 28.3 Å². The third-order valence-corrected chi connectivity index (χ3v) is 4.10. The number of rotatable bonds is 3. The number of nitriles is 1. The van der Waals surface area contributed by atoms with E-state index >= 15 is 0 Å². The molecule has 1 aromatic carbocycles. The van der Waals surface area contributed by atoms with E-state index in [1.165, 1.54) is 16.9 Å². The van der Waals surface area contributed by atoms with Crippen LogP contribution in [0.4, 0.5) is 0 Å². The van der Waals surface area contributed by atoms with Crippen molar-refractivity contribution in [2.75, 3.05) is 0 Å². The molecule has 0 unspecified atom stereocenters. The lowest BCUT2D eigenvalue weighted by Gasteiger charge is -2.15. The van der Waals surface area contributed by atoms with Crippen LogP contribution in [0.2, 0.25) is 0 Å². The minimum atomic E-state index is -0.125. The van der Waals surface area contributed by atoms with Gasteiger partial charge in [0, 0.05) is 5.41 Å². The van der Waals surface area contributed by atoms with Crippen LogP contribution in [0.5, 0.6) is 5.75 Å². The predicted octanol–water partition coefficient (Wildman–Crippen LogP) is 4.51. The molecule has 1 aromatic heterocycles.